The zero-order chi connectivity index (χ0) is 15.9. The predicted molar refractivity (Wildman–Crippen MR) is 73.8 cm³/mol. The standard InChI is InChI=1S/C14H25F3N2O2/c1-2-4-13(21)19-8-11(5-3-6-20)7-12(9-19)18-10-14(15,16)17/h11-12,18,20H,2-10H2,1H3. The van der Waals surface area contributed by atoms with Crippen molar-refractivity contribution in [1.82, 2.24) is 10.2 Å². The molecule has 0 bridgehead atoms. The van der Waals surface area contributed by atoms with E-state index in [2.05, 4.69) is 5.32 Å². The predicted octanol–water partition coefficient (Wildman–Crippen LogP) is 1.93. The van der Waals surface area contributed by atoms with Gasteiger partial charge in [-0.25, -0.2) is 0 Å². The minimum atomic E-state index is -4.24. The van der Waals surface area contributed by atoms with E-state index in [4.69, 9.17) is 5.11 Å². The van der Waals surface area contributed by atoms with Crippen LogP contribution in [-0.4, -0.2) is 54.4 Å². The van der Waals surface area contributed by atoms with Crippen LogP contribution >= 0.6 is 0 Å². The molecule has 1 aliphatic heterocycles. The maximum atomic E-state index is 12.3. The summed E-state index contributed by atoms with van der Waals surface area (Å²) in [6.45, 7) is 1.87. The van der Waals surface area contributed by atoms with Gasteiger partial charge in [-0.2, -0.15) is 13.2 Å². The van der Waals surface area contributed by atoms with Gasteiger partial charge in [-0.15, -0.1) is 0 Å². The Bertz CT molecular complexity index is 324. The van der Waals surface area contributed by atoms with Gasteiger partial charge in [0, 0.05) is 32.2 Å². The Balaban J connectivity index is 2.58. The van der Waals surface area contributed by atoms with Gasteiger partial charge in [0.2, 0.25) is 5.91 Å². The smallest absolute Gasteiger partial charge is 0.396 e. The number of likely N-dealkylation sites (tertiary alicyclic amines) is 1. The van der Waals surface area contributed by atoms with Gasteiger partial charge < -0.3 is 15.3 Å². The molecule has 0 saturated carbocycles. The summed E-state index contributed by atoms with van der Waals surface area (Å²) in [5.74, 6) is 0.155. The minimum Gasteiger partial charge on any atom is -0.396 e. The normalized spacial score (nSPS) is 23.4. The molecule has 1 heterocycles. The van der Waals surface area contributed by atoms with Gasteiger partial charge in [-0.05, 0) is 31.6 Å². The lowest BCUT2D eigenvalue weighted by molar-refractivity contribution is -0.135. The van der Waals surface area contributed by atoms with Crippen LogP contribution < -0.4 is 5.32 Å². The van der Waals surface area contributed by atoms with Crippen LogP contribution in [0.4, 0.5) is 13.2 Å². The number of amides is 1. The van der Waals surface area contributed by atoms with Gasteiger partial charge in [0.25, 0.3) is 0 Å². The zero-order valence-corrected chi connectivity index (χ0v) is 12.5. The van der Waals surface area contributed by atoms with Crippen LogP contribution in [0.5, 0.6) is 0 Å². The molecule has 0 spiro atoms. The van der Waals surface area contributed by atoms with E-state index >= 15 is 0 Å². The molecule has 1 rings (SSSR count). The lowest BCUT2D eigenvalue weighted by Gasteiger charge is -2.38. The van der Waals surface area contributed by atoms with E-state index in [1.165, 1.54) is 0 Å². The number of nitrogens with zero attached hydrogens (tertiary/aromatic N) is 1. The monoisotopic (exact) mass is 310 g/mol. The summed E-state index contributed by atoms with van der Waals surface area (Å²) in [5, 5.41) is 11.4. The molecular formula is C14H25F3N2O2. The largest absolute Gasteiger partial charge is 0.401 e. The van der Waals surface area contributed by atoms with E-state index < -0.39 is 12.7 Å². The number of rotatable bonds is 7. The number of carbonyl (C=O) groups excluding carboxylic acids is 1. The fraction of sp³-hybridized carbons (Fsp3) is 0.929. The van der Waals surface area contributed by atoms with Crippen LogP contribution in [0.2, 0.25) is 0 Å². The van der Waals surface area contributed by atoms with Crippen molar-refractivity contribution in [3.63, 3.8) is 0 Å². The number of hydrogen-bond acceptors (Lipinski definition) is 3. The third-order valence-corrected chi connectivity index (χ3v) is 3.72. The highest BCUT2D eigenvalue weighted by Crippen LogP contribution is 2.23. The summed E-state index contributed by atoms with van der Waals surface area (Å²) < 4.78 is 36.9. The molecule has 0 aromatic rings. The van der Waals surface area contributed by atoms with Gasteiger partial charge in [-0.1, -0.05) is 6.92 Å². The average Bonchev–Trinajstić information content (AvgIpc) is 2.42. The first-order chi connectivity index (χ1) is 9.85. The van der Waals surface area contributed by atoms with Gasteiger partial charge in [-0.3, -0.25) is 4.79 Å². The highest BCUT2D eigenvalue weighted by molar-refractivity contribution is 5.76. The van der Waals surface area contributed by atoms with Gasteiger partial charge in [0.05, 0.1) is 6.54 Å². The summed E-state index contributed by atoms with van der Waals surface area (Å²) >= 11 is 0. The second kappa shape index (κ2) is 8.58. The van der Waals surface area contributed by atoms with Crippen LogP contribution in [0.15, 0.2) is 0 Å². The quantitative estimate of drug-likeness (QED) is 0.755. The molecule has 1 saturated heterocycles. The zero-order valence-electron chi connectivity index (χ0n) is 12.5. The van der Waals surface area contributed by atoms with Crippen LogP contribution in [0.25, 0.3) is 0 Å². The summed E-state index contributed by atoms with van der Waals surface area (Å²) in [5.41, 5.74) is 0. The van der Waals surface area contributed by atoms with Gasteiger partial charge in [0.1, 0.15) is 0 Å². The molecule has 1 aliphatic rings. The molecule has 2 N–H and O–H groups in total. The molecule has 0 aromatic heterocycles. The Morgan fingerprint density at radius 3 is 2.67 bits per heavy atom. The molecule has 0 aliphatic carbocycles. The van der Waals surface area contributed by atoms with Crippen molar-refractivity contribution >= 4 is 5.91 Å². The lowest BCUT2D eigenvalue weighted by Crippen LogP contribution is -2.52. The van der Waals surface area contributed by atoms with Crippen molar-refractivity contribution in [2.45, 2.75) is 51.2 Å². The van der Waals surface area contributed by atoms with Crippen molar-refractivity contribution in [2.24, 2.45) is 5.92 Å². The van der Waals surface area contributed by atoms with Crippen molar-refractivity contribution in [1.29, 1.82) is 0 Å². The van der Waals surface area contributed by atoms with Gasteiger partial charge >= 0.3 is 6.18 Å². The number of carbonyl (C=O) groups is 1. The third kappa shape index (κ3) is 7.13. The van der Waals surface area contributed by atoms with Crippen LogP contribution in [0, 0.1) is 5.92 Å². The fourth-order valence-electron chi connectivity index (χ4n) is 2.78. The SMILES string of the molecule is CCCC(=O)N1CC(CCCO)CC(NCC(F)(F)F)C1. The Morgan fingerprint density at radius 2 is 2.10 bits per heavy atom. The average molecular weight is 310 g/mol. The third-order valence-electron chi connectivity index (χ3n) is 3.72. The van der Waals surface area contributed by atoms with E-state index in [1.807, 2.05) is 6.92 Å². The Morgan fingerprint density at radius 1 is 1.38 bits per heavy atom. The van der Waals surface area contributed by atoms with E-state index in [-0.39, 0.29) is 24.5 Å². The summed E-state index contributed by atoms with van der Waals surface area (Å²) in [7, 11) is 0. The Labute approximate surface area is 123 Å². The topological polar surface area (TPSA) is 52.6 Å². The molecule has 2 atom stereocenters. The maximum Gasteiger partial charge on any atom is 0.401 e. The number of alkyl halides is 3. The first-order valence-corrected chi connectivity index (χ1v) is 7.54. The fourth-order valence-corrected chi connectivity index (χ4v) is 2.78. The summed E-state index contributed by atoms with van der Waals surface area (Å²) in [6.07, 6.45) is -1.11. The Kier molecular flexibility index (Phi) is 7.45. The Hall–Kier alpha value is -0.820. The number of aliphatic hydroxyl groups is 1. The number of halogens is 3. The molecule has 7 heteroatoms. The second-order valence-electron chi connectivity index (χ2n) is 5.71. The molecule has 1 fully saturated rings. The first-order valence-electron chi connectivity index (χ1n) is 7.54. The summed E-state index contributed by atoms with van der Waals surface area (Å²) in [6, 6.07) is -0.329. The van der Waals surface area contributed by atoms with Crippen molar-refractivity contribution in [3.8, 4) is 0 Å². The van der Waals surface area contributed by atoms with E-state index in [1.54, 1.807) is 4.90 Å². The number of piperidine rings is 1. The van der Waals surface area contributed by atoms with E-state index in [9.17, 15) is 18.0 Å². The number of aliphatic hydroxyl groups excluding tert-OH is 1. The molecule has 1 amide bonds. The molecular weight excluding hydrogens is 285 g/mol. The number of hydrogen-bond donors (Lipinski definition) is 2. The van der Waals surface area contributed by atoms with E-state index in [0.717, 1.165) is 12.8 Å². The highest BCUT2D eigenvalue weighted by Gasteiger charge is 2.33. The van der Waals surface area contributed by atoms with E-state index in [0.29, 0.717) is 32.4 Å². The van der Waals surface area contributed by atoms with Crippen LogP contribution in [-0.2, 0) is 4.79 Å². The van der Waals surface area contributed by atoms with Gasteiger partial charge in [0.15, 0.2) is 0 Å². The highest BCUT2D eigenvalue weighted by atomic mass is 19.4. The first kappa shape index (κ1) is 18.2. The van der Waals surface area contributed by atoms with Crippen LogP contribution in [0.3, 0.4) is 0 Å². The summed E-state index contributed by atoms with van der Waals surface area (Å²) in [4.78, 5) is 13.7. The van der Waals surface area contributed by atoms with Crippen LogP contribution in [0.1, 0.15) is 39.0 Å². The molecule has 0 aromatic carbocycles. The maximum absolute atomic E-state index is 12.3. The van der Waals surface area contributed by atoms with Crippen molar-refractivity contribution < 1.29 is 23.1 Å². The molecule has 124 valence electrons. The lowest BCUT2D eigenvalue weighted by atomic mass is 9.90. The molecule has 0 radical (unpaired) electrons. The minimum absolute atomic E-state index is 0.00464. The number of nitrogens with one attached hydrogen (secondary N) is 1. The van der Waals surface area contributed by atoms with Crippen molar-refractivity contribution in [3.05, 3.63) is 0 Å². The van der Waals surface area contributed by atoms with Crippen molar-refractivity contribution in [2.75, 3.05) is 26.2 Å². The molecule has 2 unspecified atom stereocenters. The molecule has 4 nitrogen and oxygen atoms in total. The molecule has 21 heavy (non-hydrogen) atoms. The second-order valence-corrected chi connectivity index (χ2v) is 5.71.